The Morgan fingerprint density at radius 1 is 1.14 bits per heavy atom. The van der Waals surface area contributed by atoms with E-state index in [4.69, 9.17) is 23.7 Å². The van der Waals surface area contributed by atoms with Crippen LogP contribution in [0.1, 0.15) is 27.2 Å². The molecule has 5 N–H and O–H groups in total. The zero-order chi connectivity index (χ0) is 26.4. The number of rotatable bonds is 9. The Morgan fingerprint density at radius 2 is 1.80 bits per heavy atom. The predicted octanol–water partition coefficient (Wildman–Crippen LogP) is -1.18. The number of ether oxygens (including phenoxy) is 5. The van der Waals surface area contributed by atoms with Crippen LogP contribution in [0.15, 0.2) is 23.5 Å². The first kappa shape index (κ1) is 28.7. The van der Waals surface area contributed by atoms with Crippen molar-refractivity contribution in [3.63, 3.8) is 0 Å². The molecule has 2 heterocycles. The van der Waals surface area contributed by atoms with Crippen LogP contribution in [0.5, 0.6) is 0 Å². The summed E-state index contributed by atoms with van der Waals surface area (Å²) < 4.78 is 26.8. The molecule has 1 saturated heterocycles. The third-order valence-corrected chi connectivity index (χ3v) is 6.03. The van der Waals surface area contributed by atoms with Crippen molar-refractivity contribution in [2.24, 2.45) is 11.8 Å². The highest BCUT2D eigenvalue weighted by Gasteiger charge is 2.50. The third kappa shape index (κ3) is 6.57. The van der Waals surface area contributed by atoms with Gasteiger partial charge in [-0.25, -0.2) is 9.59 Å². The largest absolute Gasteiger partial charge is 0.481 e. The van der Waals surface area contributed by atoms with E-state index in [1.54, 1.807) is 6.92 Å². The van der Waals surface area contributed by atoms with E-state index in [2.05, 4.69) is 0 Å². The fourth-order valence-electron chi connectivity index (χ4n) is 3.91. The van der Waals surface area contributed by atoms with E-state index in [0.29, 0.717) is 0 Å². The summed E-state index contributed by atoms with van der Waals surface area (Å²) in [5.41, 5.74) is 0.137. The van der Waals surface area contributed by atoms with E-state index in [1.165, 1.54) is 19.9 Å². The number of aliphatic hydroxyl groups is 4. The molecule has 0 bridgehead atoms. The Balaban J connectivity index is 2.44. The van der Waals surface area contributed by atoms with E-state index in [9.17, 15) is 39.9 Å². The molecule has 0 spiro atoms. The lowest BCUT2D eigenvalue weighted by Crippen LogP contribution is -2.60. The van der Waals surface area contributed by atoms with Gasteiger partial charge in [-0.05, 0) is 20.8 Å². The van der Waals surface area contributed by atoms with Crippen LogP contribution >= 0.6 is 0 Å². The molecule has 13 heteroatoms. The maximum absolute atomic E-state index is 12.4. The summed E-state index contributed by atoms with van der Waals surface area (Å²) in [7, 11) is 1.10. The molecule has 0 unspecified atom stereocenters. The molecule has 0 radical (unpaired) electrons. The number of carboxylic acids is 1. The van der Waals surface area contributed by atoms with Crippen LogP contribution in [0, 0.1) is 11.8 Å². The average Bonchev–Trinajstić information content (AvgIpc) is 2.82. The number of hydrogen-bond acceptors (Lipinski definition) is 12. The van der Waals surface area contributed by atoms with Crippen molar-refractivity contribution in [2.45, 2.75) is 70.3 Å². The molecule has 13 nitrogen and oxygen atoms in total. The van der Waals surface area contributed by atoms with Crippen LogP contribution in [0.2, 0.25) is 0 Å². The molecule has 198 valence electrons. The SMILES string of the molecule is C/C=C(\C)C(=O)O[C@@H](C)[C@H]1[C@@H](O[C@@H]2O[C@H](CO)[C@@H](O)[C@H](O)[C@H]2O)OC=C(C(=O)OC)[C@H]1CC(=O)O. The minimum atomic E-state index is -1.77. The number of aliphatic carboxylic acids is 1. The van der Waals surface area contributed by atoms with Gasteiger partial charge < -0.3 is 49.2 Å². The van der Waals surface area contributed by atoms with Crippen molar-refractivity contribution < 1.29 is 63.6 Å². The fraction of sp³-hybridized carbons (Fsp3) is 0.682. The van der Waals surface area contributed by atoms with Gasteiger partial charge in [-0.3, -0.25) is 4.79 Å². The lowest BCUT2D eigenvalue weighted by atomic mass is 9.78. The second-order valence-electron chi connectivity index (χ2n) is 8.27. The maximum Gasteiger partial charge on any atom is 0.337 e. The van der Waals surface area contributed by atoms with E-state index in [0.717, 1.165) is 13.4 Å². The number of allylic oxidation sites excluding steroid dienone is 1. The molecule has 0 amide bonds. The van der Waals surface area contributed by atoms with Crippen molar-refractivity contribution in [1.82, 2.24) is 0 Å². The first-order valence-electron chi connectivity index (χ1n) is 10.9. The molecule has 0 aromatic rings. The second-order valence-corrected chi connectivity index (χ2v) is 8.27. The quantitative estimate of drug-likeness (QED) is 0.186. The number of esters is 2. The Morgan fingerprint density at radius 3 is 2.34 bits per heavy atom. The van der Waals surface area contributed by atoms with E-state index in [-0.39, 0.29) is 11.1 Å². The van der Waals surface area contributed by atoms with E-state index >= 15 is 0 Å². The molecule has 0 aromatic heterocycles. The second kappa shape index (κ2) is 12.4. The van der Waals surface area contributed by atoms with Crippen molar-refractivity contribution >= 4 is 17.9 Å². The van der Waals surface area contributed by atoms with Crippen LogP contribution in [-0.4, -0.2) is 100 Å². The first-order chi connectivity index (χ1) is 16.5. The molecule has 1 fully saturated rings. The summed E-state index contributed by atoms with van der Waals surface area (Å²) in [6.45, 7) is 3.89. The van der Waals surface area contributed by atoms with Crippen LogP contribution in [-0.2, 0) is 38.1 Å². The van der Waals surface area contributed by atoms with Gasteiger partial charge in [-0.2, -0.15) is 0 Å². The summed E-state index contributed by atoms with van der Waals surface area (Å²) >= 11 is 0. The Hall–Kier alpha value is -2.55. The number of carboxylic acid groups (broad SMARTS) is 1. The minimum absolute atomic E-state index is 0.140. The van der Waals surface area contributed by atoms with Gasteiger partial charge in [0.1, 0.15) is 30.5 Å². The summed E-state index contributed by atoms with van der Waals surface area (Å²) in [6.07, 6.45) is -8.69. The Bertz CT molecular complexity index is 835. The average molecular weight is 504 g/mol. The number of aliphatic hydroxyl groups excluding tert-OH is 4. The fourth-order valence-corrected chi connectivity index (χ4v) is 3.91. The molecule has 0 aliphatic carbocycles. The highest BCUT2D eigenvalue weighted by Crippen LogP contribution is 2.39. The topological polar surface area (TPSA) is 199 Å². The van der Waals surface area contributed by atoms with E-state index in [1.807, 2.05) is 0 Å². The van der Waals surface area contributed by atoms with Gasteiger partial charge >= 0.3 is 17.9 Å². The highest BCUT2D eigenvalue weighted by atomic mass is 16.8. The molecule has 0 aromatic carbocycles. The summed E-state index contributed by atoms with van der Waals surface area (Å²) in [5, 5.41) is 49.3. The lowest BCUT2D eigenvalue weighted by Gasteiger charge is -2.44. The van der Waals surface area contributed by atoms with Gasteiger partial charge in [0.15, 0.2) is 6.29 Å². The van der Waals surface area contributed by atoms with Crippen LogP contribution in [0.25, 0.3) is 0 Å². The van der Waals surface area contributed by atoms with Gasteiger partial charge in [0.2, 0.25) is 6.29 Å². The summed E-state index contributed by atoms with van der Waals surface area (Å²) in [5.74, 6) is -5.07. The summed E-state index contributed by atoms with van der Waals surface area (Å²) in [6, 6.07) is 0. The zero-order valence-electron chi connectivity index (χ0n) is 19.8. The molecule has 2 aliphatic rings. The van der Waals surface area contributed by atoms with Crippen LogP contribution < -0.4 is 0 Å². The van der Waals surface area contributed by atoms with Crippen LogP contribution in [0.4, 0.5) is 0 Å². The summed E-state index contributed by atoms with van der Waals surface area (Å²) in [4.78, 5) is 36.4. The van der Waals surface area contributed by atoms with Gasteiger partial charge in [0.05, 0.1) is 37.9 Å². The third-order valence-electron chi connectivity index (χ3n) is 6.03. The molecule has 35 heavy (non-hydrogen) atoms. The standard InChI is InChI=1S/C22H32O13/c1-5-9(2)19(29)33-10(3)15-11(6-14(24)25)12(20(30)31-4)8-32-21(15)35-22-18(28)17(27)16(26)13(7-23)34-22/h5,8,10-11,13,15-18,21-23,26-28H,6-7H2,1-4H3,(H,24,25)/b9-5+/t10-,11+,13+,15+,16+,17-,18+,21+,22-/m0/s1. The molecular formula is C22H32O13. The van der Waals surface area contributed by atoms with E-state index < -0.39 is 85.9 Å². The predicted molar refractivity (Wildman–Crippen MR) is 114 cm³/mol. The lowest BCUT2D eigenvalue weighted by molar-refractivity contribution is -0.344. The van der Waals surface area contributed by atoms with Crippen molar-refractivity contribution in [3.8, 4) is 0 Å². The number of carbonyl (C=O) groups excluding carboxylic acids is 2. The smallest absolute Gasteiger partial charge is 0.337 e. The van der Waals surface area contributed by atoms with Gasteiger partial charge in [0, 0.05) is 11.5 Å². The maximum atomic E-state index is 12.4. The number of carbonyl (C=O) groups is 3. The molecule has 9 atom stereocenters. The minimum Gasteiger partial charge on any atom is -0.481 e. The normalized spacial score (nSPS) is 34.3. The van der Waals surface area contributed by atoms with Gasteiger partial charge in [-0.15, -0.1) is 0 Å². The number of hydrogen-bond donors (Lipinski definition) is 5. The van der Waals surface area contributed by atoms with Gasteiger partial charge in [-0.1, -0.05) is 6.08 Å². The monoisotopic (exact) mass is 504 g/mol. The molecular weight excluding hydrogens is 472 g/mol. The molecule has 0 saturated carbocycles. The molecule has 2 aliphatic heterocycles. The van der Waals surface area contributed by atoms with Crippen LogP contribution in [0.3, 0.4) is 0 Å². The van der Waals surface area contributed by atoms with Crippen molar-refractivity contribution in [2.75, 3.05) is 13.7 Å². The van der Waals surface area contributed by atoms with Gasteiger partial charge in [0.25, 0.3) is 0 Å². The van der Waals surface area contributed by atoms with Crippen molar-refractivity contribution in [3.05, 3.63) is 23.5 Å². The number of methoxy groups -OCH3 is 1. The van der Waals surface area contributed by atoms with Crippen molar-refractivity contribution in [1.29, 1.82) is 0 Å². The molecule has 2 rings (SSSR count). The Kier molecular flexibility index (Phi) is 10.2. The first-order valence-corrected chi connectivity index (χ1v) is 10.9. The zero-order valence-corrected chi connectivity index (χ0v) is 19.8. The highest BCUT2D eigenvalue weighted by molar-refractivity contribution is 5.90. The Labute approximate surface area is 201 Å².